The Hall–Kier alpha value is -2.61. The molecule has 0 amide bonds. The number of carboxylic acid groups (broad SMARTS) is 1. The average Bonchev–Trinajstić information content (AvgIpc) is 2.89. The van der Waals surface area contributed by atoms with E-state index < -0.39 is 17.5 Å². The van der Waals surface area contributed by atoms with Gasteiger partial charge >= 0.3 is 5.97 Å². The molecule has 0 spiro atoms. The molecule has 2 aliphatic heterocycles. The number of ether oxygens (including phenoxy) is 1. The minimum Gasteiger partial charge on any atom is -0.481 e. The Morgan fingerprint density at radius 1 is 1.31 bits per heavy atom. The fourth-order valence-electron chi connectivity index (χ4n) is 4.18. The number of hydrogen-bond donors (Lipinski definition) is 3. The van der Waals surface area contributed by atoms with E-state index in [1.807, 2.05) is 24.3 Å². The summed E-state index contributed by atoms with van der Waals surface area (Å²) in [6, 6.07) is 12.8. The number of aliphatic imine (C=N–C) groups is 1. The second-order valence-electron chi connectivity index (χ2n) is 8.95. The Morgan fingerprint density at radius 3 is 2.84 bits per heavy atom. The van der Waals surface area contributed by atoms with Gasteiger partial charge in [0.15, 0.2) is 5.75 Å². The van der Waals surface area contributed by atoms with E-state index in [-0.39, 0.29) is 6.04 Å². The molecule has 3 N–H and O–H groups in total. The topological polar surface area (TPSA) is 94.4 Å². The molecule has 0 aromatic heterocycles. The molecule has 1 unspecified atom stereocenters. The number of benzene rings is 2. The summed E-state index contributed by atoms with van der Waals surface area (Å²) in [5.41, 5.74) is 0.576. The predicted molar refractivity (Wildman–Crippen MR) is 124 cm³/mol. The molecule has 2 atom stereocenters. The first-order chi connectivity index (χ1) is 15.2. The first kappa shape index (κ1) is 22.6. The van der Waals surface area contributed by atoms with Gasteiger partial charge in [-0.15, -0.1) is 0 Å². The van der Waals surface area contributed by atoms with Crippen LogP contribution in [0.5, 0.6) is 11.5 Å². The van der Waals surface area contributed by atoms with Gasteiger partial charge in [0.25, 0.3) is 0 Å². The van der Waals surface area contributed by atoms with Crippen molar-refractivity contribution in [3.05, 3.63) is 53.1 Å². The van der Waals surface area contributed by atoms with E-state index >= 15 is 0 Å². The Balaban J connectivity index is 1.66. The Morgan fingerprint density at radius 2 is 2.09 bits per heavy atom. The fraction of sp³-hybridized carbons (Fsp3) is 0.417. The van der Waals surface area contributed by atoms with Crippen LogP contribution in [0.2, 0.25) is 5.02 Å². The summed E-state index contributed by atoms with van der Waals surface area (Å²) in [6.07, 6.45) is 0.792. The van der Waals surface area contributed by atoms with Crippen LogP contribution in [0.25, 0.3) is 0 Å². The van der Waals surface area contributed by atoms with Gasteiger partial charge in [0.05, 0.1) is 17.1 Å². The lowest BCUT2D eigenvalue weighted by Crippen LogP contribution is -2.57. The van der Waals surface area contributed by atoms with Gasteiger partial charge in [-0.25, -0.2) is 4.99 Å². The Bertz CT molecular complexity index is 1030. The van der Waals surface area contributed by atoms with E-state index in [4.69, 9.17) is 21.3 Å². The van der Waals surface area contributed by atoms with Gasteiger partial charge in [-0.3, -0.25) is 4.79 Å². The monoisotopic (exact) mass is 457 g/mol. The van der Waals surface area contributed by atoms with Crippen LogP contribution in [0.3, 0.4) is 0 Å². The fourth-order valence-corrected chi connectivity index (χ4v) is 4.35. The summed E-state index contributed by atoms with van der Waals surface area (Å²) in [7, 11) is 0. The molecule has 0 bridgehead atoms. The summed E-state index contributed by atoms with van der Waals surface area (Å²) < 4.78 is 6.13. The summed E-state index contributed by atoms with van der Waals surface area (Å²) in [6.45, 7) is 5.18. The smallest absolute Gasteiger partial charge is 0.308 e. The van der Waals surface area contributed by atoms with Gasteiger partial charge in [0.1, 0.15) is 17.3 Å². The molecule has 2 aromatic carbocycles. The second-order valence-corrected chi connectivity index (χ2v) is 9.38. The van der Waals surface area contributed by atoms with E-state index in [2.05, 4.69) is 10.2 Å². The maximum atomic E-state index is 12.0. The molecule has 2 aliphatic rings. The molecule has 1 fully saturated rings. The number of hydrogen-bond acceptors (Lipinski definition) is 6. The largest absolute Gasteiger partial charge is 0.481 e. The number of aliphatic hydroxyl groups is 1. The van der Waals surface area contributed by atoms with Crippen LogP contribution in [0.4, 0.5) is 5.69 Å². The number of rotatable bonds is 5. The molecule has 8 heteroatoms. The number of nitrogens with zero attached hydrogens (tertiary/aromatic N) is 2. The average molecular weight is 458 g/mol. The maximum Gasteiger partial charge on any atom is 0.308 e. The van der Waals surface area contributed by atoms with Crippen molar-refractivity contribution >= 4 is 29.1 Å². The Kier molecular flexibility index (Phi) is 6.42. The van der Waals surface area contributed by atoms with E-state index in [1.54, 1.807) is 32.0 Å². The highest BCUT2D eigenvalue weighted by molar-refractivity contribution is 6.31. The number of halogens is 1. The van der Waals surface area contributed by atoms with Crippen LogP contribution in [-0.2, 0) is 4.79 Å². The summed E-state index contributed by atoms with van der Waals surface area (Å²) in [5.74, 6) is 0.567. The highest BCUT2D eigenvalue weighted by atomic mass is 35.5. The highest BCUT2D eigenvalue weighted by Crippen LogP contribution is 2.39. The minimum absolute atomic E-state index is 0.276. The van der Waals surface area contributed by atoms with Crippen LogP contribution >= 0.6 is 11.6 Å². The van der Waals surface area contributed by atoms with Gasteiger partial charge in [0, 0.05) is 30.7 Å². The molecular formula is C24H28ClN3O4. The second kappa shape index (κ2) is 9.10. The lowest BCUT2D eigenvalue weighted by Gasteiger charge is -2.38. The van der Waals surface area contributed by atoms with Crippen molar-refractivity contribution in [3.8, 4) is 11.5 Å². The quantitative estimate of drug-likeness (QED) is 0.627. The third-order valence-corrected chi connectivity index (χ3v) is 6.11. The number of amidine groups is 1. The molecule has 0 aliphatic carbocycles. The van der Waals surface area contributed by atoms with Gasteiger partial charge in [-0.2, -0.15) is 0 Å². The van der Waals surface area contributed by atoms with Crippen molar-refractivity contribution in [3.63, 3.8) is 0 Å². The zero-order chi connectivity index (χ0) is 22.9. The van der Waals surface area contributed by atoms with Crippen LogP contribution < -0.4 is 10.1 Å². The van der Waals surface area contributed by atoms with Gasteiger partial charge in [0.2, 0.25) is 0 Å². The van der Waals surface area contributed by atoms with E-state index in [9.17, 15) is 15.0 Å². The van der Waals surface area contributed by atoms with Crippen LogP contribution in [0.15, 0.2) is 47.5 Å². The SMILES string of the molecule is CC(C)(O)CC[C@H](C(=O)O)C1CN(C2=Nc3cc(Cl)ccc3Oc3ccccc32)CCN1. The third kappa shape index (κ3) is 5.06. The molecule has 4 rings (SSSR count). The molecular weight excluding hydrogens is 430 g/mol. The minimum atomic E-state index is -0.910. The molecule has 7 nitrogen and oxygen atoms in total. The molecule has 32 heavy (non-hydrogen) atoms. The number of para-hydroxylation sites is 1. The standard InChI is InChI=1S/C24H28ClN3O4/c1-24(2,31)10-9-16(23(29)30)19-14-28(12-11-26-19)22-17-5-3-4-6-20(17)32-21-8-7-15(25)13-18(21)27-22/h3-8,13,16,19,26,31H,9-12,14H2,1-2H3,(H,29,30)/t16-,19?/m0/s1. The summed E-state index contributed by atoms with van der Waals surface area (Å²) in [5, 5.41) is 23.9. The predicted octanol–water partition coefficient (Wildman–Crippen LogP) is 4.05. The van der Waals surface area contributed by atoms with Crippen molar-refractivity contribution in [2.75, 3.05) is 19.6 Å². The van der Waals surface area contributed by atoms with Crippen molar-refractivity contribution in [1.29, 1.82) is 0 Å². The summed E-state index contributed by atoms with van der Waals surface area (Å²) in [4.78, 5) is 19.1. The van der Waals surface area contributed by atoms with Crippen molar-refractivity contribution in [2.45, 2.75) is 38.3 Å². The van der Waals surface area contributed by atoms with Crippen LogP contribution in [-0.4, -0.2) is 58.2 Å². The molecule has 2 aromatic rings. The van der Waals surface area contributed by atoms with Gasteiger partial charge < -0.3 is 25.2 Å². The third-order valence-electron chi connectivity index (χ3n) is 5.87. The maximum absolute atomic E-state index is 12.0. The Labute approximate surface area is 192 Å². The number of carboxylic acids is 1. The first-order valence-corrected chi connectivity index (χ1v) is 11.2. The lowest BCUT2D eigenvalue weighted by atomic mass is 9.88. The van der Waals surface area contributed by atoms with Crippen molar-refractivity contribution < 1.29 is 19.7 Å². The van der Waals surface area contributed by atoms with Gasteiger partial charge in [-0.1, -0.05) is 23.7 Å². The van der Waals surface area contributed by atoms with Crippen LogP contribution in [0.1, 0.15) is 32.3 Å². The van der Waals surface area contributed by atoms with Crippen molar-refractivity contribution in [1.82, 2.24) is 10.2 Å². The zero-order valence-corrected chi connectivity index (χ0v) is 19.0. The molecule has 2 heterocycles. The number of fused-ring (bicyclic) bond motifs is 2. The molecule has 1 saturated heterocycles. The normalized spacial score (nSPS) is 19.2. The number of aliphatic carboxylic acids is 1. The molecule has 170 valence electrons. The highest BCUT2D eigenvalue weighted by Gasteiger charge is 2.35. The number of nitrogens with one attached hydrogen (secondary N) is 1. The molecule has 0 radical (unpaired) electrons. The lowest BCUT2D eigenvalue weighted by molar-refractivity contribution is -0.143. The first-order valence-electron chi connectivity index (χ1n) is 10.8. The number of carbonyl (C=O) groups is 1. The van der Waals surface area contributed by atoms with E-state index in [0.29, 0.717) is 54.7 Å². The van der Waals surface area contributed by atoms with E-state index in [0.717, 1.165) is 11.4 Å². The van der Waals surface area contributed by atoms with Crippen LogP contribution in [0, 0.1) is 5.92 Å². The summed E-state index contributed by atoms with van der Waals surface area (Å²) >= 11 is 6.21. The number of piperazine rings is 1. The molecule has 0 saturated carbocycles. The zero-order valence-electron chi connectivity index (χ0n) is 18.2. The van der Waals surface area contributed by atoms with Gasteiger partial charge in [-0.05, 0) is 57.0 Å². The van der Waals surface area contributed by atoms with Crippen molar-refractivity contribution in [2.24, 2.45) is 10.9 Å². The van der Waals surface area contributed by atoms with E-state index in [1.165, 1.54) is 0 Å².